The first kappa shape index (κ1) is 20.1. The van der Waals surface area contributed by atoms with E-state index in [1.54, 1.807) is 30.3 Å². The van der Waals surface area contributed by atoms with E-state index in [2.05, 4.69) is 32.9 Å². The summed E-state index contributed by atoms with van der Waals surface area (Å²) in [6.45, 7) is 7.30. The average Bonchev–Trinajstić information content (AvgIpc) is 2.63. The third-order valence-electron chi connectivity index (χ3n) is 3.88. The van der Waals surface area contributed by atoms with E-state index in [1.807, 2.05) is 12.1 Å². The van der Waals surface area contributed by atoms with Crippen molar-refractivity contribution in [2.75, 3.05) is 13.2 Å². The molecule has 1 N–H and O–H groups in total. The Hall–Kier alpha value is -3.26. The lowest BCUT2D eigenvalue weighted by atomic mass is 9.87. The van der Waals surface area contributed by atoms with Crippen LogP contribution in [-0.2, 0) is 10.2 Å². The molecule has 5 heteroatoms. The van der Waals surface area contributed by atoms with Crippen LogP contribution in [0.4, 0.5) is 0 Å². The molecule has 0 amide bonds. The molecule has 0 unspecified atom stereocenters. The number of rotatable bonds is 7. The minimum absolute atomic E-state index is 0.113. The quantitative estimate of drug-likeness (QED) is 0.446. The fourth-order valence-electron chi connectivity index (χ4n) is 2.34. The van der Waals surface area contributed by atoms with Gasteiger partial charge in [0.05, 0.1) is 0 Å². The molecule has 27 heavy (non-hydrogen) atoms. The molecular weight excluding hydrogens is 342 g/mol. The monoisotopic (exact) mass is 365 g/mol. The van der Waals surface area contributed by atoms with Gasteiger partial charge in [-0.1, -0.05) is 45.0 Å². The Labute approximate surface area is 159 Å². The Morgan fingerprint density at radius 2 is 1.48 bits per heavy atom. The van der Waals surface area contributed by atoms with Crippen LogP contribution < -0.4 is 9.47 Å². The standard InChI is InChI=1S/C22H23NO4/c1-22(2,3)18-6-10-20(11-7-18)27-13-12-26-19-8-4-16(5-9-19)14-17(15-23)21(24)25/h4-11,14H,12-13H2,1-3H3,(H,24,25). The topological polar surface area (TPSA) is 79.5 Å². The van der Waals surface area contributed by atoms with E-state index < -0.39 is 5.97 Å². The van der Waals surface area contributed by atoms with Crippen LogP contribution in [0.3, 0.4) is 0 Å². The number of carbonyl (C=O) groups is 1. The summed E-state index contributed by atoms with van der Waals surface area (Å²) in [4.78, 5) is 10.8. The number of nitrogens with zero attached hydrogens (tertiary/aromatic N) is 1. The molecule has 2 aromatic rings. The molecular formula is C22H23NO4. The van der Waals surface area contributed by atoms with E-state index in [9.17, 15) is 4.79 Å². The van der Waals surface area contributed by atoms with Gasteiger partial charge in [-0.25, -0.2) is 4.79 Å². The maximum absolute atomic E-state index is 10.8. The Balaban J connectivity index is 1.82. The van der Waals surface area contributed by atoms with Crippen LogP contribution in [0.2, 0.25) is 0 Å². The van der Waals surface area contributed by atoms with Gasteiger partial charge in [-0.2, -0.15) is 5.26 Å². The highest BCUT2D eigenvalue weighted by atomic mass is 16.5. The van der Waals surface area contributed by atoms with Crippen LogP contribution in [0.5, 0.6) is 11.5 Å². The van der Waals surface area contributed by atoms with E-state index >= 15 is 0 Å². The zero-order valence-electron chi connectivity index (χ0n) is 15.7. The molecule has 0 fully saturated rings. The minimum atomic E-state index is -1.24. The molecule has 0 radical (unpaired) electrons. The van der Waals surface area contributed by atoms with Crippen molar-refractivity contribution in [3.05, 3.63) is 65.2 Å². The average molecular weight is 365 g/mol. The number of benzene rings is 2. The predicted molar refractivity (Wildman–Crippen MR) is 104 cm³/mol. The summed E-state index contributed by atoms with van der Waals surface area (Å²) in [6.07, 6.45) is 1.32. The lowest BCUT2D eigenvalue weighted by Crippen LogP contribution is -2.11. The molecule has 0 spiro atoms. The Morgan fingerprint density at radius 3 is 1.89 bits per heavy atom. The smallest absolute Gasteiger partial charge is 0.346 e. The van der Waals surface area contributed by atoms with Gasteiger partial charge in [0.25, 0.3) is 0 Å². The highest BCUT2D eigenvalue weighted by molar-refractivity contribution is 5.96. The summed E-state index contributed by atoms with van der Waals surface area (Å²) in [5.41, 5.74) is 1.68. The normalized spacial score (nSPS) is 11.6. The van der Waals surface area contributed by atoms with Gasteiger partial charge in [0, 0.05) is 0 Å². The summed E-state index contributed by atoms with van der Waals surface area (Å²) >= 11 is 0. The molecule has 5 nitrogen and oxygen atoms in total. The van der Waals surface area contributed by atoms with Crippen LogP contribution in [0, 0.1) is 11.3 Å². The van der Waals surface area contributed by atoms with E-state index in [4.69, 9.17) is 19.8 Å². The van der Waals surface area contributed by atoms with Crippen LogP contribution >= 0.6 is 0 Å². The molecule has 0 heterocycles. The zero-order valence-corrected chi connectivity index (χ0v) is 15.7. The van der Waals surface area contributed by atoms with Gasteiger partial charge in [0.2, 0.25) is 0 Å². The first-order valence-corrected chi connectivity index (χ1v) is 8.61. The molecule has 140 valence electrons. The van der Waals surface area contributed by atoms with Gasteiger partial charge in [-0.15, -0.1) is 0 Å². The van der Waals surface area contributed by atoms with E-state index in [0.29, 0.717) is 24.5 Å². The van der Waals surface area contributed by atoms with Crippen molar-refractivity contribution in [1.82, 2.24) is 0 Å². The molecule has 0 atom stereocenters. The number of aliphatic carboxylic acids is 1. The summed E-state index contributed by atoms with van der Waals surface area (Å²) in [6, 6.07) is 16.5. The number of ether oxygens (including phenoxy) is 2. The van der Waals surface area contributed by atoms with E-state index in [0.717, 1.165) is 5.75 Å². The number of hydrogen-bond donors (Lipinski definition) is 1. The lowest BCUT2D eigenvalue weighted by molar-refractivity contribution is -0.132. The van der Waals surface area contributed by atoms with E-state index in [-0.39, 0.29) is 11.0 Å². The van der Waals surface area contributed by atoms with Crippen molar-refractivity contribution < 1.29 is 19.4 Å². The van der Waals surface area contributed by atoms with Crippen molar-refractivity contribution >= 4 is 12.0 Å². The predicted octanol–water partition coefficient (Wildman–Crippen LogP) is 4.43. The van der Waals surface area contributed by atoms with Crippen molar-refractivity contribution in [1.29, 1.82) is 5.26 Å². The molecule has 0 saturated heterocycles. The molecule has 2 rings (SSSR count). The van der Waals surface area contributed by atoms with Gasteiger partial charge >= 0.3 is 5.97 Å². The molecule has 2 aromatic carbocycles. The SMILES string of the molecule is CC(C)(C)c1ccc(OCCOc2ccc(C=C(C#N)C(=O)O)cc2)cc1. The fourth-order valence-corrected chi connectivity index (χ4v) is 2.34. The van der Waals surface area contributed by atoms with Crippen LogP contribution in [0.1, 0.15) is 31.9 Å². The van der Waals surface area contributed by atoms with Gasteiger partial charge in [-0.05, 0) is 46.9 Å². The summed E-state index contributed by atoms with van der Waals surface area (Å²) in [7, 11) is 0. The highest BCUT2D eigenvalue weighted by Gasteiger charge is 2.12. The Bertz CT molecular complexity index is 838. The number of hydrogen-bond acceptors (Lipinski definition) is 4. The summed E-state index contributed by atoms with van der Waals surface area (Å²) in [5.74, 6) is 0.197. The second-order valence-corrected chi connectivity index (χ2v) is 7.02. The van der Waals surface area contributed by atoms with E-state index in [1.165, 1.54) is 11.6 Å². The molecule has 0 saturated carbocycles. The second kappa shape index (κ2) is 8.91. The Morgan fingerprint density at radius 1 is 1.00 bits per heavy atom. The third kappa shape index (κ3) is 6.19. The first-order chi connectivity index (χ1) is 12.8. The van der Waals surface area contributed by atoms with Gasteiger partial charge in [-0.3, -0.25) is 0 Å². The maximum Gasteiger partial charge on any atom is 0.346 e. The van der Waals surface area contributed by atoms with Crippen LogP contribution in [-0.4, -0.2) is 24.3 Å². The third-order valence-corrected chi connectivity index (χ3v) is 3.88. The summed E-state index contributed by atoms with van der Waals surface area (Å²) < 4.78 is 11.3. The molecule has 0 aliphatic carbocycles. The highest BCUT2D eigenvalue weighted by Crippen LogP contribution is 2.24. The second-order valence-electron chi connectivity index (χ2n) is 7.02. The zero-order chi connectivity index (χ0) is 19.9. The van der Waals surface area contributed by atoms with Crippen LogP contribution in [0.25, 0.3) is 6.08 Å². The Kier molecular flexibility index (Phi) is 6.62. The van der Waals surface area contributed by atoms with Gasteiger partial charge in [0.1, 0.15) is 36.4 Å². The maximum atomic E-state index is 10.8. The van der Waals surface area contributed by atoms with Gasteiger partial charge < -0.3 is 14.6 Å². The first-order valence-electron chi connectivity index (χ1n) is 8.61. The molecule has 0 aliphatic rings. The summed E-state index contributed by atoms with van der Waals surface area (Å²) in [5, 5.41) is 17.6. The fraction of sp³-hybridized carbons (Fsp3) is 0.273. The van der Waals surface area contributed by atoms with Crippen LogP contribution in [0.15, 0.2) is 54.1 Å². The number of carboxylic acids is 1. The van der Waals surface area contributed by atoms with Crippen molar-refractivity contribution in [2.45, 2.75) is 26.2 Å². The molecule has 0 aliphatic heterocycles. The minimum Gasteiger partial charge on any atom is -0.490 e. The van der Waals surface area contributed by atoms with Crippen molar-refractivity contribution in [3.63, 3.8) is 0 Å². The number of carboxylic acid groups (broad SMARTS) is 1. The van der Waals surface area contributed by atoms with Crippen molar-refractivity contribution in [2.24, 2.45) is 0 Å². The lowest BCUT2D eigenvalue weighted by Gasteiger charge is -2.19. The van der Waals surface area contributed by atoms with Crippen molar-refractivity contribution in [3.8, 4) is 17.6 Å². The largest absolute Gasteiger partial charge is 0.490 e. The molecule has 0 bridgehead atoms. The number of nitriles is 1. The van der Waals surface area contributed by atoms with Gasteiger partial charge in [0.15, 0.2) is 0 Å². The molecule has 0 aromatic heterocycles.